The summed E-state index contributed by atoms with van der Waals surface area (Å²) in [5.41, 5.74) is -0.357. The molecule has 0 aliphatic heterocycles. The van der Waals surface area contributed by atoms with Crippen LogP contribution in [0.1, 0.15) is 12.1 Å². The van der Waals surface area contributed by atoms with Crippen molar-refractivity contribution in [3.63, 3.8) is 0 Å². The van der Waals surface area contributed by atoms with E-state index in [0.29, 0.717) is 0 Å². The lowest BCUT2D eigenvalue weighted by atomic mass is 10.5. The Kier molecular flexibility index (Phi) is 2.11. The summed E-state index contributed by atoms with van der Waals surface area (Å²) in [6.45, 7) is 0. The summed E-state index contributed by atoms with van der Waals surface area (Å²) in [6, 6.07) is 0. The number of halogens is 3. The van der Waals surface area contributed by atoms with E-state index in [1.165, 1.54) is 0 Å². The molecule has 0 unspecified atom stereocenters. The second kappa shape index (κ2) is 2.88. The minimum atomic E-state index is -2.58. The molecule has 0 atom stereocenters. The summed E-state index contributed by atoms with van der Waals surface area (Å²) >= 11 is 5.30. The highest BCUT2D eigenvalue weighted by atomic mass is 35.5. The second-order valence-electron chi connectivity index (χ2n) is 1.56. The van der Waals surface area contributed by atoms with Gasteiger partial charge in [-0.05, 0) is 0 Å². The first kappa shape index (κ1) is 7.34. The van der Waals surface area contributed by atoms with Gasteiger partial charge in [0.1, 0.15) is 10.8 Å². The van der Waals surface area contributed by atoms with E-state index in [0.717, 1.165) is 12.4 Å². The number of rotatable bonds is 1. The van der Waals surface area contributed by atoms with E-state index in [2.05, 4.69) is 9.97 Å². The fourth-order valence-corrected chi connectivity index (χ4v) is 0.533. The molecule has 1 rings (SSSR count). The Labute approximate surface area is 60.9 Å². The first-order chi connectivity index (χ1) is 4.70. The summed E-state index contributed by atoms with van der Waals surface area (Å²) in [6.07, 6.45) is -0.541. The first-order valence-corrected chi connectivity index (χ1v) is 2.83. The zero-order valence-electron chi connectivity index (χ0n) is 4.76. The Morgan fingerprint density at radius 1 is 1.30 bits per heavy atom. The largest absolute Gasteiger partial charge is 0.281 e. The minimum absolute atomic E-state index is 0.115. The van der Waals surface area contributed by atoms with Crippen LogP contribution in [0.15, 0.2) is 12.4 Å². The maximum Gasteiger partial charge on any atom is 0.281 e. The lowest BCUT2D eigenvalue weighted by Crippen LogP contribution is -1.90. The van der Waals surface area contributed by atoms with Crippen LogP contribution < -0.4 is 0 Å². The molecule has 0 radical (unpaired) electrons. The number of nitrogens with zero attached hydrogens (tertiary/aromatic N) is 2. The van der Waals surface area contributed by atoms with Gasteiger partial charge in [0, 0.05) is 0 Å². The van der Waals surface area contributed by atoms with E-state index < -0.39 is 6.43 Å². The molecular weight excluding hydrogens is 162 g/mol. The Morgan fingerprint density at radius 3 is 2.40 bits per heavy atom. The Balaban J connectivity index is 2.89. The molecule has 54 valence electrons. The zero-order valence-corrected chi connectivity index (χ0v) is 5.52. The molecule has 0 aliphatic carbocycles. The van der Waals surface area contributed by atoms with E-state index in [9.17, 15) is 8.78 Å². The standard InChI is InChI=1S/C5H3ClF2N2/c6-4-2-9-3(1-10-4)5(7)8/h1-2,5H. The first-order valence-electron chi connectivity index (χ1n) is 2.46. The lowest BCUT2D eigenvalue weighted by molar-refractivity contribution is 0.145. The molecule has 10 heavy (non-hydrogen) atoms. The highest BCUT2D eigenvalue weighted by Crippen LogP contribution is 2.14. The molecule has 2 nitrogen and oxygen atoms in total. The maximum absolute atomic E-state index is 11.8. The molecule has 0 aliphatic rings. The van der Waals surface area contributed by atoms with Gasteiger partial charge in [0.25, 0.3) is 6.43 Å². The van der Waals surface area contributed by atoms with Crippen molar-refractivity contribution in [1.82, 2.24) is 9.97 Å². The number of hydrogen-bond acceptors (Lipinski definition) is 2. The van der Waals surface area contributed by atoms with Crippen LogP contribution in [0, 0.1) is 0 Å². The van der Waals surface area contributed by atoms with Crippen molar-refractivity contribution in [2.24, 2.45) is 0 Å². The predicted octanol–water partition coefficient (Wildman–Crippen LogP) is 2.07. The van der Waals surface area contributed by atoms with E-state index in [1.807, 2.05) is 0 Å². The molecule has 0 saturated heterocycles. The number of aromatic nitrogens is 2. The minimum Gasteiger partial charge on any atom is -0.250 e. The molecule has 0 spiro atoms. The summed E-state index contributed by atoms with van der Waals surface area (Å²) in [7, 11) is 0. The van der Waals surface area contributed by atoms with Crippen LogP contribution in [0.3, 0.4) is 0 Å². The average molecular weight is 165 g/mol. The van der Waals surface area contributed by atoms with E-state index in [4.69, 9.17) is 11.6 Å². The van der Waals surface area contributed by atoms with Gasteiger partial charge in [-0.1, -0.05) is 11.6 Å². The number of alkyl halides is 2. The maximum atomic E-state index is 11.8. The van der Waals surface area contributed by atoms with Gasteiger partial charge in [-0.25, -0.2) is 13.8 Å². The van der Waals surface area contributed by atoms with Crippen molar-refractivity contribution in [2.45, 2.75) is 6.43 Å². The van der Waals surface area contributed by atoms with Crippen molar-refractivity contribution in [3.05, 3.63) is 23.2 Å². The van der Waals surface area contributed by atoms with Gasteiger partial charge in [-0.2, -0.15) is 0 Å². The Morgan fingerprint density at radius 2 is 2.00 bits per heavy atom. The third-order valence-electron chi connectivity index (χ3n) is 0.864. The molecule has 1 aromatic rings. The smallest absolute Gasteiger partial charge is 0.250 e. The molecule has 0 N–H and O–H groups in total. The quantitative estimate of drug-likeness (QED) is 0.635. The predicted molar refractivity (Wildman–Crippen MR) is 32.0 cm³/mol. The van der Waals surface area contributed by atoms with Crippen molar-refractivity contribution in [1.29, 1.82) is 0 Å². The molecule has 1 aromatic heterocycles. The van der Waals surface area contributed by atoms with Crippen molar-refractivity contribution in [3.8, 4) is 0 Å². The van der Waals surface area contributed by atoms with Gasteiger partial charge in [-0.15, -0.1) is 0 Å². The van der Waals surface area contributed by atoms with Crippen LogP contribution in [-0.4, -0.2) is 9.97 Å². The van der Waals surface area contributed by atoms with Crippen LogP contribution in [0.25, 0.3) is 0 Å². The lowest BCUT2D eigenvalue weighted by Gasteiger charge is -1.94. The van der Waals surface area contributed by atoms with Crippen LogP contribution in [0.4, 0.5) is 8.78 Å². The van der Waals surface area contributed by atoms with Gasteiger partial charge in [0.2, 0.25) is 0 Å². The highest BCUT2D eigenvalue weighted by molar-refractivity contribution is 6.29. The zero-order chi connectivity index (χ0) is 7.56. The fourth-order valence-electron chi connectivity index (χ4n) is 0.435. The number of hydrogen-bond donors (Lipinski definition) is 0. The van der Waals surface area contributed by atoms with Gasteiger partial charge in [-0.3, -0.25) is 4.98 Å². The van der Waals surface area contributed by atoms with Crippen LogP contribution >= 0.6 is 11.6 Å². The third-order valence-corrected chi connectivity index (χ3v) is 1.06. The second-order valence-corrected chi connectivity index (χ2v) is 1.95. The van der Waals surface area contributed by atoms with Crippen LogP contribution in [-0.2, 0) is 0 Å². The summed E-state index contributed by atoms with van der Waals surface area (Å²) in [4.78, 5) is 6.76. The van der Waals surface area contributed by atoms with Gasteiger partial charge in [0.05, 0.1) is 12.4 Å². The van der Waals surface area contributed by atoms with E-state index >= 15 is 0 Å². The fraction of sp³-hybridized carbons (Fsp3) is 0.200. The molecule has 0 bridgehead atoms. The van der Waals surface area contributed by atoms with Crippen molar-refractivity contribution < 1.29 is 8.78 Å². The van der Waals surface area contributed by atoms with E-state index in [-0.39, 0.29) is 10.8 Å². The summed E-state index contributed by atoms with van der Waals surface area (Å²) in [5.74, 6) is 0. The molecule has 0 fully saturated rings. The monoisotopic (exact) mass is 164 g/mol. The molecule has 5 heteroatoms. The highest BCUT2D eigenvalue weighted by Gasteiger charge is 2.07. The van der Waals surface area contributed by atoms with Gasteiger partial charge in [0.15, 0.2) is 0 Å². The molecule has 0 saturated carbocycles. The molecule has 0 amide bonds. The SMILES string of the molecule is FC(F)c1cnc(Cl)cn1. The van der Waals surface area contributed by atoms with Crippen LogP contribution in [0.5, 0.6) is 0 Å². The van der Waals surface area contributed by atoms with Crippen molar-refractivity contribution in [2.75, 3.05) is 0 Å². The van der Waals surface area contributed by atoms with Gasteiger partial charge < -0.3 is 0 Å². The average Bonchev–Trinajstić information content (AvgIpc) is 1.88. The Bertz CT molecular complexity index is 211. The topological polar surface area (TPSA) is 25.8 Å². The van der Waals surface area contributed by atoms with Gasteiger partial charge >= 0.3 is 0 Å². The normalized spacial score (nSPS) is 10.4. The van der Waals surface area contributed by atoms with Crippen molar-refractivity contribution >= 4 is 11.6 Å². The Hall–Kier alpha value is -0.770. The molecule has 0 aromatic carbocycles. The van der Waals surface area contributed by atoms with Crippen LogP contribution in [0.2, 0.25) is 5.15 Å². The third kappa shape index (κ3) is 1.60. The van der Waals surface area contributed by atoms with E-state index in [1.54, 1.807) is 0 Å². The molecular formula is C5H3ClF2N2. The molecule has 1 heterocycles. The summed E-state index contributed by atoms with van der Waals surface area (Å²) < 4.78 is 23.5. The summed E-state index contributed by atoms with van der Waals surface area (Å²) in [5, 5.41) is 0.115.